The number of imide groups is 1. The Morgan fingerprint density at radius 3 is 2.46 bits per heavy atom. The first kappa shape index (κ1) is 18.1. The average Bonchev–Trinajstić information content (AvgIpc) is 2.56. The number of hydrogen-bond donors (Lipinski definition) is 3. The molecular weight excluding hydrogens is 306 g/mol. The van der Waals surface area contributed by atoms with Crippen LogP contribution in [0, 0.1) is 6.92 Å². The fourth-order valence-electron chi connectivity index (χ4n) is 2.86. The van der Waals surface area contributed by atoms with Crippen molar-refractivity contribution in [3.05, 3.63) is 23.8 Å². The number of hydrogen-bond acceptors (Lipinski definition) is 5. The van der Waals surface area contributed by atoms with Crippen LogP contribution >= 0.6 is 0 Å². The molecule has 1 aromatic carbocycles. The predicted octanol–water partition coefficient (Wildman–Crippen LogP) is 1.13. The summed E-state index contributed by atoms with van der Waals surface area (Å²) in [5.41, 5.74) is 8.10. The van der Waals surface area contributed by atoms with Gasteiger partial charge >= 0.3 is 6.03 Å². The molecule has 0 bridgehead atoms. The van der Waals surface area contributed by atoms with Gasteiger partial charge in [-0.15, -0.1) is 0 Å². The molecule has 4 N–H and O–H groups in total. The van der Waals surface area contributed by atoms with Crippen molar-refractivity contribution in [2.45, 2.75) is 26.8 Å². The maximum Gasteiger partial charge on any atom is 0.318 e. The second kappa shape index (κ2) is 8.01. The number of urea groups is 1. The van der Waals surface area contributed by atoms with Gasteiger partial charge in [-0.25, -0.2) is 4.79 Å². The lowest BCUT2D eigenvalue weighted by molar-refractivity contribution is -0.120. The Balaban J connectivity index is 1.99. The Bertz CT molecular complexity index is 597. The molecule has 1 aliphatic heterocycles. The van der Waals surface area contributed by atoms with Crippen LogP contribution in [0.5, 0.6) is 0 Å². The van der Waals surface area contributed by atoms with Crippen LogP contribution in [0.15, 0.2) is 18.2 Å². The first-order valence-corrected chi connectivity index (χ1v) is 8.35. The number of rotatable bonds is 5. The molecule has 0 spiro atoms. The number of nitrogens with zero attached hydrogens (tertiary/aromatic N) is 2. The second-order valence-corrected chi connectivity index (χ2v) is 6.14. The van der Waals surface area contributed by atoms with Crippen molar-refractivity contribution >= 4 is 23.3 Å². The lowest BCUT2D eigenvalue weighted by atomic mass is 10.1. The van der Waals surface area contributed by atoms with Crippen molar-refractivity contribution in [3.63, 3.8) is 0 Å². The van der Waals surface area contributed by atoms with Crippen LogP contribution in [-0.2, 0) is 4.79 Å². The van der Waals surface area contributed by atoms with Gasteiger partial charge in [0.15, 0.2) is 0 Å². The van der Waals surface area contributed by atoms with Gasteiger partial charge in [0.25, 0.3) is 0 Å². The zero-order valence-corrected chi connectivity index (χ0v) is 14.6. The van der Waals surface area contributed by atoms with E-state index in [0.717, 1.165) is 44.0 Å². The molecule has 1 atom stereocenters. The van der Waals surface area contributed by atoms with Crippen LogP contribution < -0.4 is 21.3 Å². The first-order valence-electron chi connectivity index (χ1n) is 8.35. The van der Waals surface area contributed by atoms with Gasteiger partial charge in [0, 0.05) is 37.6 Å². The van der Waals surface area contributed by atoms with Crippen LogP contribution in [0.2, 0.25) is 0 Å². The number of benzene rings is 1. The predicted molar refractivity (Wildman–Crippen MR) is 96.3 cm³/mol. The molecule has 1 aromatic rings. The lowest BCUT2D eigenvalue weighted by Gasteiger charge is -2.35. The van der Waals surface area contributed by atoms with E-state index in [4.69, 9.17) is 5.73 Å². The number of carbonyl (C=O) groups is 2. The summed E-state index contributed by atoms with van der Waals surface area (Å²) >= 11 is 0. The fraction of sp³-hybridized carbons (Fsp3) is 0.529. The Kier molecular flexibility index (Phi) is 6.03. The summed E-state index contributed by atoms with van der Waals surface area (Å²) < 4.78 is 0. The molecule has 1 saturated heterocycles. The SMILES string of the molecule is CCN1CCN(c2ccc(NC(C)C(=O)NC(N)=O)c(C)c2)CC1. The highest BCUT2D eigenvalue weighted by Gasteiger charge is 2.18. The van der Waals surface area contributed by atoms with E-state index in [1.54, 1.807) is 6.92 Å². The maximum absolute atomic E-state index is 11.8. The van der Waals surface area contributed by atoms with E-state index < -0.39 is 18.0 Å². The number of nitrogens with two attached hydrogens (primary N) is 1. The fourth-order valence-corrected chi connectivity index (χ4v) is 2.86. The summed E-state index contributed by atoms with van der Waals surface area (Å²) in [6.45, 7) is 11.2. The molecule has 0 radical (unpaired) electrons. The largest absolute Gasteiger partial charge is 0.374 e. The standard InChI is InChI=1S/C17H27N5O2/c1-4-21-7-9-22(10-8-21)14-5-6-15(12(2)11-14)19-13(3)16(23)20-17(18)24/h5-6,11,13,19H,4,7-10H2,1-3H3,(H3,18,20,23,24). The highest BCUT2D eigenvalue weighted by molar-refractivity contribution is 5.97. The Labute approximate surface area is 143 Å². The molecule has 0 aromatic heterocycles. The molecule has 0 aliphatic carbocycles. The second-order valence-electron chi connectivity index (χ2n) is 6.14. The molecule has 7 heteroatoms. The number of likely N-dealkylation sites (N-methyl/N-ethyl adjacent to an activating group) is 1. The minimum Gasteiger partial charge on any atom is -0.374 e. The van der Waals surface area contributed by atoms with E-state index in [1.807, 2.05) is 13.0 Å². The van der Waals surface area contributed by atoms with E-state index in [1.165, 1.54) is 5.69 Å². The van der Waals surface area contributed by atoms with E-state index in [2.05, 4.69) is 39.5 Å². The van der Waals surface area contributed by atoms with Gasteiger partial charge in [-0.1, -0.05) is 6.92 Å². The van der Waals surface area contributed by atoms with Gasteiger partial charge in [0.05, 0.1) is 0 Å². The molecule has 1 aliphatic rings. The highest BCUT2D eigenvalue weighted by Crippen LogP contribution is 2.24. The topological polar surface area (TPSA) is 90.7 Å². The van der Waals surface area contributed by atoms with Crippen LogP contribution in [0.1, 0.15) is 19.4 Å². The van der Waals surface area contributed by atoms with Crippen LogP contribution in [0.4, 0.5) is 16.2 Å². The maximum atomic E-state index is 11.8. The number of primary amides is 1. The molecule has 1 heterocycles. The zero-order valence-electron chi connectivity index (χ0n) is 14.6. The number of carbonyl (C=O) groups excluding carboxylic acids is 2. The summed E-state index contributed by atoms with van der Waals surface area (Å²) in [7, 11) is 0. The number of anilines is 2. The minimum atomic E-state index is -0.841. The number of piperazine rings is 1. The quantitative estimate of drug-likeness (QED) is 0.751. The van der Waals surface area contributed by atoms with Crippen LogP contribution in [-0.4, -0.2) is 55.6 Å². The summed E-state index contributed by atoms with van der Waals surface area (Å²) in [6.07, 6.45) is 0. The van der Waals surface area contributed by atoms with Gasteiger partial charge < -0.3 is 20.9 Å². The third-order valence-electron chi connectivity index (χ3n) is 4.41. The van der Waals surface area contributed by atoms with Crippen molar-refractivity contribution in [2.24, 2.45) is 5.73 Å². The van der Waals surface area contributed by atoms with Gasteiger partial charge in [0.2, 0.25) is 5.91 Å². The van der Waals surface area contributed by atoms with E-state index in [-0.39, 0.29) is 0 Å². The molecule has 1 unspecified atom stereocenters. The molecule has 3 amide bonds. The van der Waals surface area contributed by atoms with Crippen molar-refractivity contribution in [1.29, 1.82) is 0 Å². The molecule has 24 heavy (non-hydrogen) atoms. The monoisotopic (exact) mass is 333 g/mol. The highest BCUT2D eigenvalue weighted by atomic mass is 16.2. The van der Waals surface area contributed by atoms with E-state index >= 15 is 0 Å². The third kappa shape index (κ3) is 4.61. The van der Waals surface area contributed by atoms with E-state index in [0.29, 0.717) is 0 Å². The molecular formula is C17H27N5O2. The molecule has 132 valence electrons. The average molecular weight is 333 g/mol. The molecule has 0 saturated carbocycles. The summed E-state index contributed by atoms with van der Waals surface area (Å²) in [6, 6.07) is 4.78. The third-order valence-corrected chi connectivity index (χ3v) is 4.41. The molecule has 2 rings (SSSR count). The van der Waals surface area contributed by atoms with Crippen molar-refractivity contribution in [2.75, 3.05) is 42.9 Å². The number of amides is 3. The van der Waals surface area contributed by atoms with Crippen molar-refractivity contribution in [1.82, 2.24) is 10.2 Å². The zero-order chi connectivity index (χ0) is 17.7. The number of nitrogens with one attached hydrogen (secondary N) is 2. The van der Waals surface area contributed by atoms with Crippen molar-refractivity contribution < 1.29 is 9.59 Å². The smallest absolute Gasteiger partial charge is 0.318 e. The number of aryl methyl sites for hydroxylation is 1. The Morgan fingerprint density at radius 1 is 1.25 bits per heavy atom. The first-order chi connectivity index (χ1) is 11.4. The minimum absolute atomic E-state index is 0.443. The summed E-state index contributed by atoms with van der Waals surface area (Å²) in [4.78, 5) is 27.3. The van der Waals surface area contributed by atoms with E-state index in [9.17, 15) is 9.59 Å². The molecule has 1 fully saturated rings. The summed E-state index contributed by atoms with van der Waals surface area (Å²) in [5, 5.41) is 5.19. The molecule has 7 nitrogen and oxygen atoms in total. The van der Waals surface area contributed by atoms with Gasteiger partial charge in [-0.05, 0) is 44.2 Å². The normalized spacial score (nSPS) is 16.5. The van der Waals surface area contributed by atoms with Gasteiger partial charge in [0.1, 0.15) is 6.04 Å². The summed E-state index contributed by atoms with van der Waals surface area (Å²) in [5.74, 6) is -0.443. The van der Waals surface area contributed by atoms with Crippen molar-refractivity contribution in [3.8, 4) is 0 Å². The van der Waals surface area contributed by atoms with Crippen LogP contribution in [0.3, 0.4) is 0 Å². The Hall–Kier alpha value is -2.28. The van der Waals surface area contributed by atoms with Crippen LogP contribution in [0.25, 0.3) is 0 Å². The lowest BCUT2D eigenvalue weighted by Crippen LogP contribution is -2.46. The van der Waals surface area contributed by atoms with Gasteiger partial charge in [-0.3, -0.25) is 10.1 Å². The van der Waals surface area contributed by atoms with Gasteiger partial charge in [-0.2, -0.15) is 0 Å². The Morgan fingerprint density at radius 2 is 1.92 bits per heavy atom.